The van der Waals surface area contributed by atoms with Gasteiger partial charge in [0.1, 0.15) is 6.04 Å². The Labute approximate surface area is 225 Å². The molecule has 0 fully saturated rings. The maximum absolute atomic E-state index is 13.9. The first-order valence-electron chi connectivity index (χ1n) is 12.0. The molecule has 0 aromatic heterocycles. The SMILES string of the molecule is O=C(N[C@H](C(=O)Sc1ccccc1)[C@H](Sc1ccccc1)c1ccc2ccccc2c1)c1ccccc1. The molecule has 0 heterocycles. The molecule has 0 saturated heterocycles. The van der Waals surface area contributed by atoms with Crippen LogP contribution in [0.4, 0.5) is 0 Å². The summed E-state index contributed by atoms with van der Waals surface area (Å²) >= 11 is 2.74. The van der Waals surface area contributed by atoms with E-state index in [1.165, 1.54) is 0 Å². The Morgan fingerprint density at radius 1 is 0.595 bits per heavy atom. The van der Waals surface area contributed by atoms with Gasteiger partial charge in [-0.15, -0.1) is 11.8 Å². The number of hydrogen-bond donors (Lipinski definition) is 1. The Kier molecular flexibility index (Phi) is 8.04. The van der Waals surface area contributed by atoms with Crippen LogP contribution in [-0.2, 0) is 4.79 Å². The number of amides is 1. The fourth-order valence-corrected chi connectivity index (χ4v) is 6.25. The first-order valence-corrected chi connectivity index (χ1v) is 13.7. The smallest absolute Gasteiger partial charge is 0.251 e. The lowest BCUT2D eigenvalue weighted by molar-refractivity contribution is -0.112. The van der Waals surface area contributed by atoms with E-state index in [0.717, 1.165) is 37.9 Å². The van der Waals surface area contributed by atoms with Gasteiger partial charge >= 0.3 is 0 Å². The van der Waals surface area contributed by atoms with Crippen LogP contribution in [0.1, 0.15) is 21.2 Å². The minimum Gasteiger partial charge on any atom is -0.340 e. The predicted molar refractivity (Wildman–Crippen MR) is 154 cm³/mol. The average Bonchev–Trinajstić information content (AvgIpc) is 2.96. The molecule has 0 spiro atoms. The topological polar surface area (TPSA) is 46.2 Å². The molecule has 1 amide bonds. The molecule has 3 nitrogen and oxygen atoms in total. The molecule has 0 radical (unpaired) electrons. The highest BCUT2D eigenvalue weighted by Gasteiger charge is 2.33. The molecule has 0 aliphatic heterocycles. The fourth-order valence-electron chi connectivity index (χ4n) is 4.10. The van der Waals surface area contributed by atoms with Gasteiger partial charge in [0.25, 0.3) is 5.91 Å². The van der Waals surface area contributed by atoms with E-state index in [1.807, 2.05) is 91.0 Å². The lowest BCUT2D eigenvalue weighted by Crippen LogP contribution is -2.43. The van der Waals surface area contributed by atoms with Crippen molar-refractivity contribution in [3.8, 4) is 0 Å². The second-order valence-electron chi connectivity index (χ2n) is 8.51. The van der Waals surface area contributed by atoms with Crippen LogP contribution < -0.4 is 5.32 Å². The van der Waals surface area contributed by atoms with Gasteiger partial charge in [0, 0.05) is 15.4 Å². The lowest BCUT2D eigenvalue weighted by atomic mass is 10.0. The van der Waals surface area contributed by atoms with E-state index in [2.05, 4.69) is 35.6 Å². The molecular formula is C32H25NO2S2. The predicted octanol–water partition coefficient (Wildman–Crippen LogP) is 7.79. The van der Waals surface area contributed by atoms with Crippen molar-refractivity contribution in [3.63, 3.8) is 0 Å². The number of rotatable bonds is 8. The van der Waals surface area contributed by atoms with E-state index in [0.29, 0.717) is 5.56 Å². The third-order valence-corrected chi connectivity index (χ3v) is 8.25. The Hall–Kier alpha value is -3.80. The van der Waals surface area contributed by atoms with Gasteiger partial charge in [-0.05, 0) is 70.6 Å². The summed E-state index contributed by atoms with van der Waals surface area (Å²) in [5.41, 5.74) is 1.50. The van der Waals surface area contributed by atoms with Crippen LogP contribution in [0, 0.1) is 0 Å². The van der Waals surface area contributed by atoms with Crippen LogP contribution in [-0.4, -0.2) is 17.1 Å². The molecule has 5 aromatic rings. The third kappa shape index (κ3) is 6.31. The van der Waals surface area contributed by atoms with Crippen molar-refractivity contribution in [1.82, 2.24) is 5.32 Å². The summed E-state index contributed by atoms with van der Waals surface area (Å²) in [5, 5.41) is 4.85. The normalized spacial score (nSPS) is 12.5. The second kappa shape index (κ2) is 12.0. The zero-order chi connectivity index (χ0) is 25.5. The van der Waals surface area contributed by atoms with E-state index >= 15 is 0 Å². The number of carbonyl (C=O) groups excluding carboxylic acids is 2. The van der Waals surface area contributed by atoms with E-state index < -0.39 is 6.04 Å². The summed E-state index contributed by atoms with van der Waals surface area (Å²) in [6, 6.07) is 42.3. The average molecular weight is 520 g/mol. The molecule has 1 N–H and O–H groups in total. The van der Waals surface area contributed by atoms with Crippen molar-refractivity contribution in [2.45, 2.75) is 21.1 Å². The molecule has 0 aliphatic carbocycles. The van der Waals surface area contributed by atoms with Crippen molar-refractivity contribution in [2.24, 2.45) is 0 Å². The highest BCUT2D eigenvalue weighted by atomic mass is 32.2. The van der Waals surface area contributed by atoms with Crippen molar-refractivity contribution in [2.75, 3.05) is 0 Å². The molecule has 5 heteroatoms. The van der Waals surface area contributed by atoms with Crippen LogP contribution in [0.3, 0.4) is 0 Å². The van der Waals surface area contributed by atoms with E-state index in [-0.39, 0.29) is 16.3 Å². The van der Waals surface area contributed by atoms with Gasteiger partial charge in [0.05, 0.1) is 5.25 Å². The maximum atomic E-state index is 13.9. The van der Waals surface area contributed by atoms with Crippen molar-refractivity contribution in [3.05, 3.63) is 145 Å². The molecule has 0 bridgehead atoms. The largest absolute Gasteiger partial charge is 0.340 e. The number of thioether (sulfide) groups is 2. The van der Waals surface area contributed by atoms with Gasteiger partial charge in [-0.1, -0.05) is 91.0 Å². The van der Waals surface area contributed by atoms with Crippen LogP contribution in [0.25, 0.3) is 10.8 Å². The number of hydrogen-bond acceptors (Lipinski definition) is 4. The molecule has 37 heavy (non-hydrogen) atoms. The minimum atomic E-state index is -0.774. The third-order valence-electron chi connectivity index (χ3n) is 5.95. The standard InChI is InChI=1S/C32H25NO2S2/c34-31(24-13-4-1-5-14-24)33-29(32(35)37-28-18-8-3-9-19-28)30(36-27-16-6-2-7-17-27)26-21-20-23-12-10-11-15-25(23)22-26/h1-22,29-30H,(H,33,34)/t29-,30+/m0/s1. The second-order valence-corrected chi connectivity index (χ2v) is 10.8. The lowest BCUT2D eigenvalue weighted by Gasteiger charge is -2.27. The van der Waals surface area contributed by atoms with Gasteiger partial charge in [0.15, 0.2) is 0 Å². The van der Waals surface area contributed by atoms with Gasteiger partial charge < -0.3 is 5.32 Å². The zero-order valence-corrected chi connectivity index (χ0v) is 21.6. The summed E-state index contributed by atoms with van der Waals surface area (Å²) in [4.78, 5) is 29.1. The summed E-state index contributed by atoms with van der Waals surface area (Å²) in [7, 11) is 0. The molecule has 2 atom stereocenters. The Morgan fingerprint density at radius 2 is 1.16 bits per heavy atom. The van der Waals surface area contributed by atoms with Crippen LogP contribution in [0.5, 0.6) is 0 Å². The van der Waals surface area contributed by atoms with E-state index in [9.17, 15) is 9.59 Å². The highest BCUT2D eigenvalue weighted by Crippen LogP contribution is 2.41. The van der Waals surface area contributed by atoms with Gasteiger partial charge in [-0.2, -0.15) is 0 Å². The minimum absolute atomic E-state index is 0.114. The molecule has 5 aromatic carbocycles. The van der Waals surface area contributed by atoms with Gasteiger partial charge in [-0.3, -0.25) is 9.59 Å². The van der Waals surface area contributed by atoms with Gasteiger partial charge in [0.2, 0.25) is 5.12 Å². The maximum Gasteiger partial charge on any atom is 0.251 e. The number of nitrogens with one attached hydrogen (secondary N) is 1. The number of carbonyl (C=O) groups is 2. The molecule has 0 saturated carbocycles. The molecule has 0 unspecified atom stereocenters. The van der Waals surface area contributed by atoms with Gasteiger partial charge in [-0.25, -0.2) is 0 Å². The van der Waals surface area contributed by atoms with E-state index in [1.54, 1.807) is 23.9 Å². The van der Waals surface area contributed by atoms with Crippen LogP contribution in [0.2, 0.25) is 0 Å². The summed E-state index contributed by atoms with van der Waals surface area (Å²) in [5.74, 6) is -0.271. The summed E-state index contributed by atoms with van der Waals surface area (Å²) in [6.45, 7) is 0. The Balaban J connectivity index is 1.56. The Morgan fingerprint density at radius 3 is 1.84 bits per heavy atom. The Bertz CT molecular complexity index is 1490. The molecular weight excluding hydrogens is 494 g/mol. The molecule has 0 aliphatic rings. The van der Waals surface area contributed by atoms with E-state index in [4.69, 9.17) is 0 Å². The quantitative estimate of drug-likeness (QED) is 0.213. The van der Waals surface area contributed by atoms with Crippen molar-refractivity contribution < 1.29 is 9.59 Å². The van der Waals surface area contributed by atoms with Crippen LogP contribution >= 0.6 is 23.5 Å². The van der Waals surface area contributed by atoms with Crippen molar-refractivity contribution >= 4 is 45.3 Å². The van der Waals surface area contributed by atoms with Crippen molar-refractivity contribution in [1.29, 1.82) is 0 Å². The first-order chi connectivity index (χ1) is 18.2. The zero-order valence-electron chi connectivity index (χ0n) is 20.0. The van der Waals surface area contributed by atoms with Crippen LogP contribution in [0.15, 0.2) is 143 Å². The summed E-state index contributed by atoms with van der Waals surface area (Å²) < 4.78 is 0. The number of fused-ring (bicyclic) bond motifs is 1. The molecule has 182 valence electrons. The highest BCUT2D eigenvalue weighted by molar-refractivity contribution is 8.14. The number of benzene rings is 5. The first kappa shape index (κ1) is 24.9. The molecule has 5 rings (SSSR count). The fraction of sp³-hybridized carbons (Fsp3) is 0.0625. The summed E-state index contributed by atoms with van der Waals surface area (Å²) in [6.07, 6.45) is 0. The monoisotopic (exact) mass is 519 g/mol.